The molecule has 1 N–H and O–H groups in total. The van der Waals surface area contributed by atoms with E-state index in [2.05, 4.69) is 5.32 Å². The molecular weight excluding hydrogens is 358 g/mol. The van der Waals surface area contributed by atoms with Crippen molar-refractivity contribution in [3.8, 4) is 11.5 Å². The quantitative estimate of drug-likeness (QED) is 0.663. The second-order valence-corrected chi connectivity index (χ2v) is 6.56. The summed E-state index contributed by atoms with van der Waals surface area (Å²) in [7, 11) is 3.17. The van der Waals surface area contributed by atoms with Crippen molar-refractivity contribution < 1.29 is 18.7 Å². The third-order valence-electron chi connectivity index (χ3n) is 4.86. The van der Waals surface area contributed by atoms with Crippen LogP contribution in [0.1, 0.15) is 22.3 Å². The molecule has 1 heterocycles. The van der Waals surface area contributed by atoms with Crippen molar-refractivity contribution in [2.75, 3.05) is 14.2 Å². The van der Waals surface area contributed by atoms with E-state index in [1.54, 1.807) is 14.2 Å². The fourth-order valence-electron chi connectivity index (χ4n) is 3.16. The monoisotopic (exact) mass is 381 g/mol. The minimum atomic E-state index is -0.499. The number of benzene rings is 2. The lowest BCUT2D eigenvalue weighted by Crippen LogP contribution is -2.27. The van der Waals surface area contributed by atoms with Crippen LogP contribution >= 0.6 is 0 Å². The van der Waals surface area contributed by atoms with E-state index in [-0.39, 0.29) is 12.3 Å². The first kappa shape index (κ1) is 19.5. The second-order valence-electron chi connectivity index (χ2n) is 6.56. The van der Waals surface area contributed by atoms with Gasteiger partial charge in [0, 0.05) is 17.5 Å². The fourth-order valence-corrected chi connectivity index (χ4v) is 3.16. The molecule has 0 saturated heterocycles. The molecular formula is C22H23NO5. The highest BCUT2D eigenvalue weighted by Gasteiger charge is 2.17. The molecule has 0 spiro atoms. The van der Waals surface area contributed by atoms with Crippen LogP contribution in [0.25, 0.3) is 11.0 Å². The van der Waals surface area contributed by atoms with Crippen molar-refractivity contribution in [1.82, 2.24) is 5.32 Å². The van der Waals surface area contributed by atoms with Crippen LogP contribution in [0, 0.1) is 13.8 Å². The lowest BCUT2D eigenvalue weighted by Gasteiger charge is -2.12. The van der Waals surface area contributed by atoms with Crippen molar-refractivity contribution in [2.24, 2.45) is 0 Å². The molecule has 1 amide bonds. The van der Waals surface area contributed by atoms with E-state index in [4.69, 9.17) is 13.9 Å². The smallest absolute Gasteiger partial charge is 0.340 e. The Labute approximate surface area is 163 Å². The molecule has 0 saturated carbocycles. The van der Waals surface area contributed by atoms with Crippen molar-refractivity contribution >= 4 is 16.9 Å². The van der Waals surface area contributed by atoms with E-state index in [1.165, 1.54) is 0 Å². The Kier molecular flexibility index (Phi) is 5.68. The summed E-state index contributed by atoms with van der Waals surface area (Å²) in [5.41, 5.74) is 2.81. The Morgan fingerprint density at radius 1 is 1.00 bits per heavy atom. The molecule has 3 aromatic rings. The van der Waals surface area contributed by atoms with E-state index >= 15 is 0 Å². The van der Waals surface area contributed by atoms with E-state index in [0.717, 1.165) is 27.8 Å². The lowest BCUT2D eigenvalue weighted by atomic mass is 10.0. The lowest BCUT2D eigenvalue weighted by molar-refractivity contribution is -0.120. The number of nitrogens with one attached hydrogen (secondary N) is 1. The first-order valence-electron chi connectivity index (χ1n) is 8.94. The standard InChI is InChI=1S/C22H23NO5/c1-13-17-9-10-19(27-4)14(2)21(17)28-22(25)18(13)11-20(24)23-12-15-5-7-16(26-3)8-6-15/h5-10H,11-12H2,1-4H3,(H,23,24). The maximum absolute atomic E-state index is 12.5. The van der Waals surface area contributed by atoms with Gasteiger partial charge in [-0.25, -0.2) is 4.79 Å². The predicted octanol–water partition coefficient (Wildman–Crippen LogP) is 3.29. The summed E-state index contributed by atoms with van der Waals surface area (Å²) in [6.45, 7) is 4.04. The summed E-state index contributed by atoms with van der Waals surface area (Å²) in [6, 6.07) is 11.1. The molecule has 0 radical (unpaired) electrons. The summed E-state index contributed by atoms with van der Waals surface area (Å²) in [6.07, 6.45) is -0.0364. The predicted molar refractivity (Wildman–Crippen MR) is 107 cm³/mol. The van der Waals surface area contributed by atoms with Crippen LogP contribution in [0.15, 0.2) is 45.6 Å². The van der Waals surface area contributed by atoms with Gasteiger partial charge in [-0.05, 0) is 49.2 Å². The van der Waals surface area contributed by atoms with E-state index in [0.29, 0.717) is 23.4 Å². The van der Waals surface area contributed by atoms with Gasteiger partial charge in [-0.1, -0.05) is 12.1 Å². The van der Waals surface area contributed by atoms with Gasteiger partial charge in [0.1, 0.15) is 17.1 Å². The summed E-state index contributed by atoms with van der Waals surface area (Å²) in [5, 5.41) is 3.64. The molecule has 0 aliphatic heterocycles. The number of carbonyl (C=O) groups excluding carboxylic acids is 1. The highest BCUT2D eigenvalue weighted by molar-refractivity contribution is 5.87. The molecule has 6 heteroatoms. The SMILES string of the molecule is COc1ccc(CNC(=O)Cc2c(C)c3ccc(OC)c(C)c3oc2=O)cc1. The minimum absolute atomic E-state index is 0.0364. The first-order chi connectivity index (χ1) is 13.4. The second kappa shape index (κ2) is 8.17. The minimum Gasteiger partial charge on any atom is -0.497 e. The molecule has 28 heavy (non-hydrogen) atoms. The Hall–Kier alpha value is -3.28. The van der Waals surface area contributed by atoms with Gasteiger partial charge >= 0.3 is 5.63 Å². The van der Waals surface area contributed by atoms with Crippen LogP contribution in [0.5, 0.6) is 11.5 Å². The highest BCUT2D eigenvalue weighted by atomic mass is 16.5. The van der Waals surface area contributed by atoms with Gasteiger partial charge < -0.3 is 19.2 Å². The molecule has 0 bridgehead atoms. The molecule has 0 atom stereocenters. The van der Waals surface area contributed by atoms with Crippen LogP contribution in [-0.2, 0) is 17.8 Å². The van der Waals surface area contributed by atoms with Gasteiger partial charge in [0.2, 0.25) is 5.91 Å². The Balaban J connectivity index is 1.79. The molecule has 0 aliphatic carbocycles. The average molecular weight is 381 g/mol. The number of aryl methyl sites for hydroxylation is 2. The number of amides is 1. The average Bonchev–Trinajstić information content (AvgIpc) is 2.71. The summed E-state index contributed by atoms with van der Waals surface area (Å²) < 4.78 is 15.9. The molecule has 0 unspecified atom stereocenters. The van der Waals surface area contributed by atoms with Gasteiger partial charge in [0.25, 0.3) is 0 Å². The van der Waals surface area contributed by atoms with Gasteiger partial charge in [0.15, 0.2) is 0 Å². The maximum Gasteiger partial charge on any atom is 0.340 e. The van der Waals surface area contributed by atoms with Crippen LogP contribution < -0.4 is 20.4 Å². The number of ether oxygens (including phenoxy) is 2. The highest BCUT2D eigenvalue weighted by Crippen LogP contribution is 2.29. The van der Waals surface area contributed by atoms with Gasteiger partial charge in [-0.15, -0.1) is 0 Å². The van der Waals surface area contributed by atoms with E-state index in [1.807, 2.05) is 50.2 Å². The molecule has 1 aromatic heterocycles. The molecule has 0 aliphatic rings. The third kappa shape index (κ3) is 3.86. The molecule has 6 nitrogen and oxygen atoms in total. The molecule has 0 fully saturated rings. The Morgan fingerprint density at radius 2 is 1.71 bits per heavy atom. The number of carbonyl (C=O) groups is 1. The van der Waals surface area contributed by atoms with Crippen molar-refractivity contribution in [1.29, 1.82) is 0 Å². The number of rotatable bonds is 6. The van der Waals surface area contributed by atoms with Crippen molar-refractivity contribution in [2.45, 2.75) is 26.8 Å². The van der Waals surface area contributed by atoms with Crippen molar-refractivity contribution in [3.05, 3.63) is 69.1 Å². The van der Waals surface area contributed by atoms with Crippen LogP contribution in [0.4, 0.5) is 0 Å². The number of hydrogen-bond acceptors (Lipinski definition) is 5. The van der Waals surface area contributed by atoms with E-state index in [9.17, 15) is 9.59 Å². The van der Waals surface area contributed by atoms with Crippen LogP contribution in [0.2, 0.25) is 0 Å². The third-order valence-corrected chi connectivity index (χ3v) is 4.86. The summed E-state index contributed by atoms with van der Waals surface area (Å²) in [4.78, 5) is 24.9. The number of fused-ring (bicyclic) bond motifs is 1. The van der Waals surface area contributed by atoms with Gasteiger partial charge in [0.05, 0.1) is 26.2 Å². The van der Waals surface area contributed by atoms with E-state index < -0.39 is 5.63 Å². The zero-order valence-electron chi connectivity index (χ0n) is 16.4. The van der Waals surface area contributed by atoms with Crippen LogP contribution in [-0.4, -0.2) is 20.1 Å². The molecule has 2 aromatic carbocycles. The van der Waals surface area contributed by atoms with Gasteiger partial charge in [-0.2, -0.15) is 0 Å². The number of methoxy groups -OCH3 is 2. The molecule has 146 valence electrons. The fraction of sp³-hybridized carbons (Fsp3) is 0.273. The molecule has 3 rings (SSSR count). The summed E-state index contributed by atoms with van der Waals surface area (Å²) >= 11 is 0. The zero-order chi connectivity index (χ0) is 20.3. The van der Waals surface area contributed by atoms with Gasteiger partial charge in [-0.3, -0.25) is 4.79 Å². The maximum atomic E-state index is 12.5. The zero-order valence-corrected chi connectivity index (χ0v) is 16.4. The normalized spacial score (nSPS) is 10.7. The van der Waals surface area contributed by atoms with Crippen molar-refractivity contribution in [3.63, 3.8) is 0 Å². The van der Waals surface area contributed by atoms with Crippen LogP contribution in [0.3, 0.4) is 0 Å². The Bertz CT molecular complexity index is 1070. The summed E-state index contributed by atoms with van der Waals surface area (Å²) in [5.74, 6) is 1.17. The topological polar surface area (TPSA) is 77.8 Å². The Morgan fingerprint density at radius 3 is 2.36 bits per heavy atom. The number of hydrogen-bond donors (Lipinski definition) is 1. The largest absolute Gasteiger partial charge is 0.497 e. The first-order valence-corrected chi connectivity index (χ1v) is 8.94.